The van der Waals surface area contributed by atoms with Crippen molar-refractivity contribution in [2.24, 2.45) is 7.05 Å². The van der Waals surface area contributed by atoms with Crippen LogP contribution < -0.4 is 0 Å². The van der Waals surface area contributed by atoms with Gasteiger partial charge in [0.2, 0.25) is 0 Å². The van der Waals surface area contributed by atoms with Gasteiger partial charge in [-0.1, -0.05) is 0 Å². The Balaban J connectivity index is 1.95. The first kappa shape index (κ1) is 16.2. The number of rotatable bonds is 4. The number of ether oxygens (including phenoxy) is 1. The minimum atomic E-state index is 0.510. The summed E-state index contributed by atoms with van der Waals surface area (Å²) in [7, 11) is 3.59. The SMILES string of the molecule is CO[C](=[W])C1=CCCC(c2noc(-c3c(C)c(C)nn3C)n2)=C1. The van der Waals surface area contributed by atoms with E-state index in [9.17, 15) is 0 Å². The number of methoxy groups -OCH3 is 1. The Bertz CT molecular complexity index is 829. The summed E-state index contributed by atoms with van der Waals surface area (Å²) in [4.78, 5) is 4.58. The molecule has 0 N–H and O–H groups in total. The molecule has 2 aromatic heterocycles. The zero-order valence-corrected chi connectivity index (χ0v) is 16.5. The fourth-order valence-electron chi connectivity index (χ4n) is 2.65. The number of hydrogen-bond acceptors (Lipinski definition) is 5. The third-order valence-electron chi connectivity index (χ3n) is 3.97. The Morgan fingerprint density at radius 3 is 2.83 bits per heavy atom. The van der Waals surface area contributed by atoms with Crippen LogP contribution in [0.25, 0.3) is 17.2 Å². The van der Waals surface area contributed by atoms with Crippen LogP contribution in [0.4, 0.5) is 0 Å². The van der Waals surface area contributed by atoms with Crippen LogP contribution in [0.3, 0.4) is 0 Å². The summed E-state index contributed by atoms with van der Waals surface area (Å²) >= 11 is 1.31. The van der Waals surface area contributed by atoms with Crippen LogP contribution in [0.15, 0.2) is 22.2 Å². The fraction of sp³-hybridized carbons (Fsp3) is 0.375. The second-order valence-electron chi connectivity index (χ2n) is 5.47. The summed E-state index contributed by atoms with van der Waals surface area (Å²) in [6.45, 7) is 3.99. The zero-order chi connectivity index (χ0) is 16.6. The van der Waals surface area contributed by atoms with Crippen molar-refractivity contribution < 1.29 is 28.6 Å². The normalized spacial score (nSPS) is 14.6. The summed E-state index contributed by atoms with van der Waals surface area (Å²) in [5.41, 5.74) is 5.09. The van der Waals surface area contributed by atoms with E-state index in [1.165, 1.54) is 19.4 Å². The van der Waals surface area contributed by atoms with Crippen molar-refractivity contribution in [1.82, 2.24) is 19.9 Å². The molecule has 0 bridgehead atoms. The van der Waals surface area contributed by atoms with Gasteiger partial charge in [0.25, 0.3) is 0 Å². The van der Waals surface area contributed by atoms with Crippen LogP contribution in [0, 0.1) is 13.8 Å². The molecule has 2 heterocycles. The van der Waals surface area contributed by atoms with Gasteiger partial charge in [-0.15, -0.1) is 0 Å². The molecule has 0 spiro atoms. The van der Waals surface area contributed by atoms with Crippen molar-refractivity contribution in [2.45, 2.75) is 26.7 Å². The molecule has 0 aliphatic heterocycles. The van der Waals surface area contributed by atoms with Crippen molar-refractivity contribution in [3.63, 3.8) is 0 Å². The van der Waals surface area contributed by atoms with Crippen LogP contribution >= 0.6 is 0 Å². The summed E-state index contributed by atoms with van der Waals surface area (Å²) in [6, 6.07) is 0. The first-order valence-electron chi connectivity index (χ1n) is 7.35. The maximum absolute atomic E-state index is 5.49. The molecule has 3 rings (SSSR count). The van der Waals surface area contributed by atoms with Gasteiger partial charge in [0.1, 0.15) is 0 Å². The summed E-state index contributed by atoms with van der Waals surface area (Å²) in [5.74, 6) is 1.15. The second-order valence-corrected chi connectivity index (χ2v) is 6.80. The van der Waals surface area contributed by atoms with Crippen LogP contribution in [-0.4, -0.2) is 31.1 Å². The maximum atomic E-state index is 5.49. The van der Waals surface area contributed by atoms with E-state index < -0.39 is 0 Å². The molecule has 0 aromatic carbocycles. The Kier molecular flexibility index (Phi) is 4.55. The molecule has 23 heavy (non-hydrogen) atoms. The zero-order valence-electron chi connectivity index (χ0n) is 13.6. The van der Waals surface area contributed by atoms with E-state index in [0.717, 1.165) is 45.0 Å². The molecule has 0 fully saturated rings. The van der Waals surface area contributed by atoms with Crippen LogP contribution in [-0.2, 0) is 31.1 Å². The van der Waals surface area contributed by atoms with E-state index in [2.05, 4.69) is 27.4 Å². The number of aryl methyl sites for hydroxylation is 2. The van der Waals surface area contributed by atoms with E-state index in [1.54, 1.807) is 11.8 Å². The summed E-state index contributed by atoms with van der Waals surface area (Å²) in [5, 5.41) is 8.56. The van der Waals surface area contributed by atoms with Crippen molar-refractivity contribution in [2.75, 3.05) is 7.11 Å². The van der Waals surface area contributed by atoms with Crippen molar-refractivity contribution in [1.29, 1.82) is 0 Å². The third kappa shape index (κ3) is 3.06. The van der Waals surface area contributed by atoms with Crippen molar-refractivity contribution in [3.05, 3.63) is 34.8 Å². The average Bonchev–Trinajstić information content (AvgIpc) is 3.12. The third-order valence-corrected chi connectivity index (χ3v) is 5.41. The van der Waals surface area contributed by atoms with Crippen molar-refractivity contribution >= 4 is 9.66 Å². The molecule has 0 atom stereocenters. The Morgan fingerprint density at radius 1 is 1.39 bits per heavy atom. The summed E-state index contributed by atoms with van der Waals surface area (Å²) in [6.07, 6.45) is 6.13. The molecule has 0 radical (unpaired) electrons. The molecule has 7 heteroatoms. The molecule has 1 aliphatic carbocycles. The van der Waals surface area contributed by atoms with Gasteiger partial charge in [-0.2, -0.15) is 0 Å². The second kappa shape index (κ2) is 6.46. The van der Waals surface area contributed by atoms with Gasteiger partial charge in [-0.3, -0.25) is 0 Å². The molecule has 0 unspecified atom stereocenters. The Labute approximate surface area is 145 Å². The molecule has 2 aromatic rings. The standard InChI is InChI=1S/C16H18N4O2.W/c1-10-11(2)18-20(3)14(10)16-17-15(19-22-16)13-7-5-6-12(8-13)9-21-4;/h6,8H,5,7H2,1-4H3;. The summed E-state index contributed by atoms with van der Waals surface area (Å²) < 4.78 is 13.6. The molecule has 0 saturated heterocycles. The predicted octanol–water partition coefficient (Wildman–Crippen LogP) is 2.51. The molecular formula is C16H18N4O2W. The van der Waals surface area contributed by atoms with E-state index >= 15 is 0 Å². The van der Waals surface area contributed by atoms with Crippen LogP contribution in [0.5, 0.6) is 0 Å². The van der Waals surface area contributed by atoms with Crippen molar-refractivity contribution in [3.8, 4) is 11.6 Å². The number of nitrogens with zero attached hydrogens (tertiary/aromatic N) is 4. The van der Waals surface area contributed by atoms with Gasteiger partial charge >= 0.3 is 145 Å². The molecule has 0 saturated carbocycles. The number of aromatic nitrogens is 4. The van der Waals surface area contributed by atoms with Gasteiger partial charge in [0, 0.05) is 0 Å². The monoisotopic (exact) mass is 482 g/mol. The predicted molar refractivity (Wildman–Crippen MR) is 83.3 cm³/mol. The van der Waals surface area contributed by atoms with E-state index in [4.69, 9.17) is 9.26 Å². The number of allylic oxidation sites excluding steroid dienone is 2. The van der Waals surface area contributed by atoms with Gasteiger partial charge in [0.05, 0.1) is 0 Å². The minimum absolute atomic E-state index is 0.510. The van der Waals surface area contributed by atoms with Gasteiger partial charge in [-0.25, -0.2) is 0 Å². The fourth-order valence-corrected chi connectivity index (χ4v) is 3.16. The number of hydrogen-bond donors (Lipinski definition) is 0. The Hall–Kier alpha value is -1.65. The van der Waals surface area contributed by atoms with Crippen LogP contribution in [0.2, 0.25) is 0 Å². The topological polar surface area (TPSA) is 66.0 Å². The first-order chi connectivity index (χ1) is 11.0. The molecular weight excluding hydrogens is 464 g/mol. The Morgan fingerprint density at radius 2 is 2.17 bits per heavy atom. The van der Waals surface area contributed by atoms with Gasteiger partial charge < -0.3 is 0 Å². The quantitative estimate of drug-likeness (QED) is 0.671. The first-order valence-corrected chi connectivity index (χ1v) is 8.81. The molecule has 6 nitrogen and oxygen atoms in total. The van der Waals surface area contributed by atoms with Crippen LogP contribution in [0.1, 0.15) is 29.9 Å². The van der Waals surface area contributed by atoms with E-state index in [-0.39, 0.29) is 0 Å². The van der Waals surface area contributed by atoms with Gasteiger partial charge in [-0.05, 0) is 0 Å². The molecule has 0 amide bonds. The average molecular weight is 482 g/mol. The molecule has 120 valence electrons. The van der Waals surface area contributed by atoms with Gasteiger partial charge in [0.15, 0.2) is 0 Å². The molecule has 1 aliphatic rings. The van der Waals surface area contributed by atoms with E-state index in [0.29, 0.717) is 11.7 Å². The van der Waals surface area contributed by atoms with E-state index in [1.807, 2.05) is 20.9 Å².